The Morgan fingerprint density at radius 3 is 2.52 bits per heavy atom. The molecule has 2 rings (SSSR count). The van der Waals surface area contributed by atoms with Crippen LogP contribution in [0.5, 0.6) is 0 Å². The third-order valence-corrected chi connectivity index (χ3v) is 3.37. The quantitative estimate of drug-likeness (QED) is 0.657. The van der Waals surface area contributed by atoms with Gasteiger partial charge in [-0.2, -0.15) is 5.10 Å². The summed E-state index contributed by atoms with van der Waals surface area (Å²) in [6.07, 6.45) is 3.50. The highest BCUT2D eigenvalue weighted by Crippen LogP contribution is 2.13. The van der Waals surface area contributed by atoms with Crippen molar-refractivity contribution in [2.24, 2.45) is 7.05 Å². The Morgan fingerprint density at radius 1 is 1.26 bits per heavy atom. The summed E-state index contributed by atoms with van der Waals surface area (Å²) in [6, 6.07) is 6.64. The third-order valence-electron chi connectivity index (χ3n) is 3.37. The van der Waals surface area contributed by atoms with E-state index in [-0.39, 0.29) is 11.9 Å². The number of hydrogen-bond donors (Lipinski definition) is 1. The summed E-state index contributed by atoms with van der Waals surface area (Å²) in [5.74, 6) is -0.576. The van der Waals surface area contributed by atoms with Gasteiger partial charge in [-0.25, -0.2) is 4.79 Å². The van der Waals surface area contributed by atoms with Crippen molar-refractivity contribution < 1.29 is 14.3 Å². The molecule has 1 heterocycles. The number of anilines is 1. The standard InChI is InChI=1S/C17H21N3O3/c1-4-5-10-23-17(22)13-6-8-14(9-7-13)18-16(21)15-11-20(3)19-12(15)2/h6-9,11H,4-5,10H2,1-3H3,(H,18,21). The van der Waals surface area contributed by atoms with Crippen LogP contribution < -0.4 is 5.32 Å². The Hall–Kier alpha value is -2.63. The van der Waals surface area contributed by atoms with E-state index in [0.717, 1.165) is 12.8 Å². The second kappa shape index (κ2) is 7.58. The fourth-order valence-electron chi connectivity index (χ4n) is 2.10. The summed E-state index contributed by atoms with van der Waals surface area (Å²) in [4.78, 5) is 24.0. The largest absolute Gasteiger partial charge is 0.462 e. The number of carbonyl (C=O) groups excluding carboxylic acids is 2. The van der Waals surface area contributed by atoms with E-state index in [4.69, 9.17) is 4.74 Å². The third kappa shape index (κ3) is 4.42. The molecule has 0 radical (unpaired) electrons. The number of nitrogens with zero attached hydrogens (tertiary/aromatic N) is 2. The second-order valence-corrected chi connectivity index (χ2v) is 5.32. The number of aromatic nitrogens is 2. The summed E-state index contributed by atoms with van der Waals surface area (Å²) in [5.41, 5.74) is 2.27. The Morgan fingerprint density at radius 2 is 1.96 bits per heavy atom. The molecule has 1 aromatic heterocycles. The molecule has 1 N–H and O–H groups in total. The zero-order chi connectivity index (χ0) is 16.8. The molecule has 23 heavy (non-hydrogen) atoms. The van der Waals surface area contributed by atoms with E-state index in [1.807, 2.05) is 6.92 Å². The highest BCUT2D eigenvalue weighted by molar-refractivity contribution is 6.05. The van der Waals surface area contributed by atoms with Gasteiger partial charge in [-0.15, -0.1) is 0 Å². The van der Waals surface area contributed by atoms with E-state index in [2.05, 4.69) is 10.4 Å². The van der Waals surface area contributed by atoms with Crippen molar-refractivity contribution >= 4 is 17.6 Å². The van der Waals surface area contributed by atoms with E-state index in [9.17, 15) is 9.59 Å². The first kappa shape index (κ1) is 16.7. The van der Waals surface area contributed by atoms with E-state index in [1.165, 1.54) is 0 Å². The Balaban J connectivity index is 1.98. The minimum Gasteiger partial charge on any atom is -0.462 e. The van der Waals surface area contributed by atoms with Crippen LogP contribution in [-0.4, -0.2) is 28.3 Å². The van der Waals surface area contributed by atoms with Gasteiger partial charge in [0.2, 0.25) is 0 Å². The number of carbonyl (C=O) groups is 2. The maximum Gasteiger partial charge on any atom is 0.338 e. The average molecular weight is 315 g/mol. The summed E-state index contributed by atoms with van der Waals surface area (Å²) < 4.78 is 6.74. The highest BCUT2D eigenvalue weighted by Gasteiger charge is 2.13. The van der Waals surface area contributed by atoms with Crippen molar-refractivity contribution in [3.05, 3.63) is 47.3 Å². The number of ether oxygens (including phenoxy) is 1. The molecule has 0 fully saturated rings. The lowest BCUT2D eigenvalue weighted by Crippen LogP contribution is -2.12. The molecule has 2 aromatic rings. The minimum absolute atomic E-state index is 0.228. The first-order chi connectivity index (χ1) is 11.0. The summed E-state index contributed by atoms with van der Waals surface area (Å²) in [7, 11) is 1.77. The number of nitrogens with one attached hydrogen (secondary N) is 1. The molecule has 6 nitrogen and oxygen atoms in total. The van der Waals surface area contributed by atoms with E-state index < -0.39 is 0 Å². The molecular weight excluding hydrogens is 294 g/mol. The molecule has 1 aromatic carbocycles. The lowest BCUT2D eigenvalue weighted by Gasteiger charge is -2.06. The van der Waals surface area contributed by atoms with Gasteiger partial charge in [0.1, 0.15) is 0 Å². The molecule has 0 spiro atoms. The zero-order valence-electron chi connectivity index (χ0n) is 13.6. The topological polar surface area (TPSA) is 73.2 Å². The van der Waals surface area contributed by atoms with Crippen LogP contribution in [0.4, 0.5) is 5.69 Å². The van der Waals surface area contributed by atoms with Crippen molar-refractivity contribution in [2.75, 3.05) is 11.9 Å². The number of rotatable bonds is 6. The smallest absolute Gasteiger partial charge is 0.338 e. The van der Waals surface area contributed by atoms with Crippen LogP contribution in [0.25, 0.3) is 0 Å². The molecule has 6 heteroatoms. The second-order valence-electron chi connectivity index (χ2n) is 5.32. The Bertz CT molecular complexity index is 690. The van der Waals surface area contributed by atoms with Gasteiger partial charge < -0.3 is 10.1 Å². The van der Waals surface area contributed by atoms with E-state index in [1.54, 1.807) is 49.1 Å². The van der Waals surface area contributed by atoms with Gasteiger partial charge in [-0.05, 0) is 37.6 Å². The SMILES string of the molecule is CCCCOC(=O)c1ccc(NC(=O)c2cn(C)nc2C)cc1. The fraction of sp³-hybridized carbons (Fsp3) is 0.353. The monoisotopic (exact) mass is 315 g/mol. The van der Waals surface area contributed by atoms with Crippen LogP contribution in [-0.2, 0) is 11.8 Å². The average Bonchev–Trinajstić information content (AvgIpc) is 2.87. The van der Waals surface area contributed by atoms with Crippen LogP contribution in [0.2, 0.25) is 0 Å². The number of unbranched alkanes of at least 4 members (excludes halogenated alkanes) is 1. The van der Waals surface area contributed by atoms with Gasteiger partial charge >= 0.3 is 5.97 Å². The van der Waals surface area contributed by atoms with E-state index >= 15 is 0 Å². The summed E-state index contributed by atoms with van der Waals surface area (Å²) >= 11 is 0. The van der Waals surface area contributed by atoms with Crippen molar-refractivity contribution in [3.63, 3.8) is 0 Å². The maximum absolute atomic E-state index is 12.2. The molecule has 0 aliphatic carbocycles. The predicted octanol–water partition coefficient (Wildman–Crippen LogP) is 2.94. The first-order valence-corrected chi connectivity index (χ1v) is 7.60. The molecule has 0 aliphatic heterocycles. The van der Waals surface area contributed by atoms with Gasteiger partial charge in [0.15, 0.2) is 0 Å². The molecule has 0 atom stereocenters. The number of benzene rings is 1. The van der Waals surface area contributed by atoms with Crippen molar-refractivity contribution in [1.29, 1.82) is 0 Å². The van der Waals surface area contributed by atoms with E-state index in [0.29, 0.717) is 29.1 Å². The van der Waals surface area contributed by atoms with Crippen molar-refractivity contribution in [2.45, 2.75) is 26.7 Å². The van der Waals surface area contributed by atoms with Gasteiger partial charge in [-0.1, -0.05) is 13.3 Å². The highest BCUT2D eigenvalue weighted by atomic mass is 16.5. The number of hydrogen-bond acceptors (Lipinski definition) is 4. The summed E-state index contributed by atoms with van der Waals surface area (Å²) in [6.45, 7) is 4.24. The Kier molecular flexibility index (Phi) is 5.51. The molecule has 0 bridgehead atoms. The normalized spacial score (nSPS) is 10.4. The van der Waals surface area contributed by atoms with Crippen molar-refractivity contribution in [3.8, 4) is 0 Å². The number of aryl methyl sites for hydroxylation is 2. The minimum atomic E-state index is -0.348. The van der Waals surface area contributed by atoms with Gasteiger partial charge in [0, 0.05) is 18.9 Å². The molecular formula is C17H21N3O3. The molecule has 1 amide bonds. The first-order valence-electron chi connectivity index (χ1n) is 7.60. The fourth-order valence-corrected chi connectivity index (χ4v) is 2.10. The van der Waals surface area contributed by atoms with Crippen LogP contribution in [0.1, 0.15) is 46.2 Å². The number of esters is 1. The lowest BCUT2D eigenvalue weighted by molar-refractivity contribution is 0.0499. The Labute approximate surface area is 135 Å². The maximum atomic E-state index is 12.2. The molecule has 0 saturated carbocycles. The van der Waals surface area contributed by atoms with Crippen molar-refractivity contribution in [1.82, 2.24) is 9.78 Å². The van der Waals surface area contributed by atoms with Gasteiger partial charge in [-0.3, -0.25) is 9.48 Å². The molecule has 0 unspecified atom stereocenters. The van der Waals surface area contributed by atoms with Crippen LogP contribution >= 0.6 is 0 Å². The lowest BCUT2D eigenvalue weighted by atomic mass is 10.2. The van der Waals surface area contributed by atoms with Crippen LogP contribution in [0, 0.1) is 6.92 Å². The zero-order valence-corrected chi connectivity index (χ0v) is 13.6. The summed E-state index contributed by atoms with van der Waals surface area (Å²) in [5, 5.41) is 6.93. The number of amides is 1. The molecule has 122 valence electrons. The van der Waals surface area contributed by atoms with Crippen LogP contribution in [0.15, 0.2) is 30.5 Å². The molecule has 0 saturated heterocycles. The van der Waals surface area contributed by atoms with Gasteiger partial charge in [0.25, 0.3) is 5.91 Å². The van der Waals surface area contributed by atoms with Gasteiger partial charge in [0.05, 0.1) is 23.4 Å². The predicted molar refractivity (Wildman–Crippen MR) is 87.5 cm³/mol. The molecule has 0 aliphatic rings. The van der Waals surface area contributed by atoms with Crippen LogP contribution in [0.3, 0.4) is 0 Å².